The molecule has 0 saturated heterocycles. The predicted octanol–water partition coefficient (Wildman–Crippen LogP) is 1.42. The Bertz CT molecular complexity index is 188. The van der Waals surface area contributed by atoms with Crippen LogP contribution in [-0.2, 0) is 0 Å². The lowest BCUT2D eigenvalue weighted by Gasteiger charge is -2.48. The van der Waals surface area contributed by atoms with Crippen LogP contribution in [0.3, 0.4) is 0 Å². The maximum Gasteiger partial charge on any atom is 0.0639 e. The molecule has 2 heteroatoms. The minimum Gasteiger partial charge on any atom is -0.390 e. The first-order valence-corrected chi connectivity index (χ1v) is 5.00. The van der Waals surface area contributed by atoms with E-state index in [1.807, 2.05) is 6.92 Å². The van der Waals surface area contributed by atoms with Crippen molar-refractivity contribution in [3.8, 4) is 0 Å². The summed E-state index contributed by atoms with van der Waals surface area (Å²) in [4.78, 5) is 0. The van der Waals surface area contributed by atoms with E-state index in [-0.39, 0.29) is 5.54 Å². The van der Waals surface area contributed by atoms with Crippen LogP contribution in [0.25, 0.3) is 0 Å². The lowest BCUT2D eigenvalue weighted by Crippen LogP contribution is -2.54. The Hall–Kier alpha value is -0.0800. The van der Waals surface area contributed by atoms with Gasteiger partial charge in [-0.1, -0.05) is 12.8 Å². The van der Waals surface area contributed by atoms with Crippen molar-refractivity contribution < 1.29 is 5.11 Å². The van der Waals surface area contributed by atoms with Gasteiger partial charge in [-0.25, -0.2) is 0 Å². The summed E-state index contributed by atoms with van der Waals surface area (Å²) in [7, 11) is 0. The highest BCUT2D eigenvalue weighted by Crippen LogP contribution is 2.45. The Morgan fingerprint density at radius 3 is 2.83 bits per heavy atom. The fourth-order valence-corrected chi connectivity index (χ4v) is 3.31. The molecule has 2 saturated carbocycles. The van der Waals surface area contributed by atoms with Crippen molar-refractivity contribution in [2.45, 2.75) is 56.6 Å². The molecule has 2 aliphatic rings. The van der Waals surface area contributed by atoms with Gasteiger partial charge in [-0.15, -0.1) is 0 Å². The maximum absolute atomic E-state index is 9.97. The van der Waals surface area contributed by atoms with Gasteiger partial charge in [-0.3, -0.25) is 0 Å². The molecule has 3 unspecified atom stereocenters. The first-order chi connectivity index (χ1) is 5.49. The fraction of sp³-hybridized carbons (Fsp3) is 1.00. The van der Waals surface area contributed by atoms with E-state index < -0.39 is 5.60 Å². The Balaban J connectivity index is 2.16. The first kappa shape index (κ1) is 8.52. The van der Waals surface area contributed by atoms with Crippen LogP contribution < -0.4 is 5.73 Å². The Kier molecular flexibility index (Phi) is 1.74. The van der Waals surface area contributed by atoms with Crippen molar-refractivity contribution in [3.63, 3.8) is 0 Å². The van der Waals surface area contributed by atoms with E-state index in [9.17, 15) is 5.11 Å². The molecule has 0 aromatic heterocycles. The average molecular weight is 169 g/mol. The second-order valence-electron chi connectivity index (χ2n) is 5.20. The molecule has 3 N–H and O–H groups in total. The Morgan fingerprint density at radius 1 is 1.42 bits per heavy atom. The molecule has 2 fully saturated rings. The second kappa shape index (κ2) is 2.46. The van der Waals surface area contributed by atoms with Crippen LogP contribution in [0.2, 0.25) is 0 Å². The number of hydrogen-bond donors (Lipinski definition) is 2. The van der Waals surface area contributed by atoms with Gasteiger partial charge in [0.25, 0.3) is 0 Å². The molecule has 70 valence electrons. The van der Waals surface area contributed by atoms with Gasteiger partial charge in [0, 0.05) is 5.54 Å². The maximum atomic E-state index is 9.97. The minimum atomic E-state index is -0.488. The molecule has 2 aliphatic carbocycles. The minimum absolute atomic E-state index is 0.0370. The highest BCUT2D eigenvalue weighted by Gasteiger charge is 2.44. The number of nitrogens with two attached hydrogens (primary N) is 1. The van der Waals surface area contributed by atoms with Gasteiger partial charge in [-0.05, 0) is 38.5 Å². The third-order valence-corrected chi connectivity index (χ3v) is 3.44. The summed E-state index contributed by atoms with van der Waals surface area (Å²) in [6.45, 7) is 1.94. The fourth-order valence-electron chi connectivity index (χ4n) is 3.31. The molecule has 2 bridgehead atoms. The van der Waals surface area contributed by atoms with Crippen molar-refractivity contribution in [2.75, 3.05) is 0 Å². The van der Waals surface area contributed by atoms with Gasteiger partial charge < -0.3 is 10.8 Å². The van der Waals surface area contributed by atoms with E-state index in [2.05, 4.69) is 0 Å². The van der Waals surface area contributed by atoms with Gasteiger partial charge in [-0.2, -0.15) is 0 Å². The molecule has 0 aromatic rings. The van der Waals surface area contributed by atoms with Crippen LogP contribution >= 0.6 is 0 Å². The molecule has 0 heterocycles. The molecular formula is C10H19NO. The van der Waals surface area contributed by atoms with Crippen LogP contribution in [0, 0.1) is 5.92 Å². The van der Waals surface area contributed by atoms with Crippen molar-refractivity contribution >= 4 is 0 Å². The summed E-state index contributed by atoms with van der Waals surface area (Å²) in [5, 5.41) is 9.97. The lowest BCUT2D eigenvalue weighted by atomic mass is 9.63. The van der Waals surface area contributed by atoms with E-state index >= 15 is 0 Å². The third kappa shape index (κ3) is 1.50. The molecule has 0 spiro atoms. The summed E-state index contributed by atoms with van der Waals surface area (Å²) < 4.78 is 0. The van der Waals surface area contributed by atoms with Gasteiger partial charge in [0.2, 0.25) is 0 Å². The van der Waals surface area contributed by atoms with Crippen molar-refractivity contribution in [3.05, 3.63) is 0 Å². The van der Waals surface area contributed by atoms with Crippen LogP contribution in [0.15, 0.2) is 0 Å². The predicted molar refractivity (Wildman–Crippen MR) is 48.7 cm³/mol. The second-order valence-corrected chi connectivity index (χ2v) is 5.20. The quantitative estimate of drug-likeness (QED) is 0.576. The number of fused-ring (bicyclic) bond motifs is 2. The number of hydrogen-bond acceptors (Lipinski definition) is 2. The number of aliphatic hydroxyl groups is 1. The zero-order valence-corrected chi connectivity index (χ0v) is 7.84. The van der Waals surface area contributed by atoms with Crippen molar-refractivity contribution in [2.24, 2.45) is 11.7 Å². The zero-order valence-electron chi connectivity index (χ0n) is 7.84. The molecule has 3 atom stereocenters. The highest BCUT2D eigenvalue weighted by atomic mass is 16.3. The monoisotopic (exact) mass is 169 g/mol. The van der Waals surface area contributed by atoms with Crippen molar-refractivity contribution in [1.29, 1.82) is 0 Å². The summed E-state index contributed by atoms with van der Waals surface area (Å²) >= 11 is 0. The average Bonchev–Trinajstić information content (AvgIpc) is 1.79. The SMILES string of the molecule is CC1(O)CC2CCCC(N)(C2)C1. The van der Waals surface area contributed by atoms with E-state index in [4.69, 9.17) is 5.73 Å². The van der Waals surface area contributed by atoms with E-state index in [0.717, 1.165) is 25.7 Å². The molecule has 0 aliphatic heterocycles. The van der Waals surface area contributed by atoms with Crippen LogP contribution in [-0.4, -0.2) is 16.2 Å². The smallest absolute Gasteiger partial charge is 0.0639 e. The Labute approximate surface area is 74.1 Å². The molecule has 12 heavy (non-hydrogen) atoms. The van der Waals surface area contributed by atoms with Gasteiger partial charge >= 0.3 is 0 Å². The number of rotatable bonds is 0. The molecular weight excluding hydrogens is 150 g/mol. The molecule has 0 aromatic carbocycles. The summed E-state index contributed by atoms with van der Waals surface area (Å²) in [6.07, 6.45) is 6.55. The first-order valence-electron chi connectivity index (χ1n) is 5.00. The summed E-state index contributed by atoms with van der Waals surface area (Å²) in [5.74, 6) is 0.687. The molecule has 0 radical (unpaired) electrons. The molecule has 2 nitrogen and oxygen atoms in total. The van der Waals surface area contributed by atoms with Crippen molar-refractivity contribution in [1.82, 2.24) is 0 Å². The summed E-state index contributed by atoms with van der Waals surface area (Å²) in [5.41, 5.74) is 5.69. The van der Waals surface area contributed by atoms with Gasteiger partial charge in [0.15, 0.2) is 0 Å². The van der Waals surface area contributed by atoms with E-state index in [1.165, 1.54) is 12.8 Å². The van der Waals surface area contributed by atoms with E-state index in [0.29, 0.717) is 5.92 Å². The zero-order chi connectivity index (χ0) is 8.82. The van der Waals surface area contributed by atoms with Gasteiger partial charge in [0.1, 0.15) is 0 Å². The standard InChI is InChI=1S/C10H19NO/c1-9(12)5-8-3-2-4-10(11,6-8)7-9/h8,12H,2-7,11H2,1H3. The largest absolute Gasteiger partial charge is 0.390 e. The van der Waals surface area contributed by atoms with Gasteiger partial charge in [0.05, 0.1) is 5.60 Å². The molecule has 0 amide bonds. The molecule has 2 rings (SSSR count). The third-order valence-electron chi connectivity index (χ3n) is 3.44. The lowest BCUT2D eigenvalue weighted by molar-refractivity contribution is -0.0470. The Morgan fingerprint density at radius 2 is 2.17 bits per heavy atom. The normalized spacial score (nSPS) is 53.8. The van der Waals surface area contributed by atoms with Crippen LogP contribution in [0.4, 0.5) is 0 Å². The highest BCUT2D eigenvalue weighted by molar-refractivity contribution is 5.01. The van der Waals surface area contributed by atoms with Crippen LogP contribution in [0.5, 0.6) is 0 Å². The topological polar surface area (TPSA) is 46.2 Å². The van der Waals surface area contributed by atoms with E-state index in [1.54, 1.807) is 0 Å². The van der Waals surface area contributed by atoms with Crippen LogP contribution in [0.1, 0.15) is 45.4 Å². The summed E-state index contributed by atoms with van der Waals surface area (Å²) in [6, 6.07) is 0.